The molecular formula is C34H28ClN3O5S. The Bertz CT molecular complexity index is 1760. The number of amides is 4. The largest absolute Gasteiger partial charge is 0.495 e. The van der Waals surface area contributed by atoms with E-state index < -0.39 is 17.1 Å². The van der Waals surface area contributed by atoms with Gasteiger partial charge in [0.15, 0.2) is 0 Å². The van der Waals surface area contributed by atoms with E-state index in [0.717, 1.165) is 16.0 Å². The summed E-state index contributed by atoms with van der Waals surface area (Å²) >= 11 is 7.45. The van der Waals surface area contributed by atoms with Gasteiger partial charge in [0, 0.05) is 22.6 Å². The summed E-state index contributed by atoms with van der Waals surface area (Å²) in [5.74, 6) is -1.20. The van der Waals surface area contributed by atoms with Gasteiger partial charge in [-0.2, -0.15) is 0 Å². The van der Waals surface area contributed by atoms with Gasteiger partial charge >= 0.3 is 0 Å². The van der Waals surface area contributed by atoms with Gasteiger partial charge in [0.05, 0.1) is 23.1 Å². The molecule has 0 radical (unpaired) electrons. The average molecular weight is 626 g/mol. The van der Waals surface area contributed by atoms with Crippen LogP contribution in [-0.2, 0) is 14.4 Å². The summed E-state index contributed by atoms with van der Waals surface area (Å²) in [5, 5.41) is 5.21. The van der Waals surface area contributed by atoms with Gasteiger partial charge in [0.2, 0.25) is 11.8 Å². The molecule has 0 saturated carbocycles. The van der Waals surface area contributed by atoms with Crippen LogP contribution in [0.2, 0.25) is 5.02 Å². The van der Waals surface area contributed by atoms with E-state index in [1.54, 1.807) is 72.8 Å². The highest BCUT2D eigenvalue weighted by Crippen LogP contribution is 2.37. The van der Waals surface area contributed by atoms with Gasteiger partial charge in [-0.25, -0.2) is 4.90 Å². The fraction of sp³-hybridized carbons (Fsp3) is 0.118. The zero-order valence-electron chi connectivity index (χ0n) is 23.9. The van der Waals surface area contributed by atoms with Crippen LogP contribution in [0.4, 0.5) is 11.4 Å². The van der Waals surface area contributed by atoms with Crippen molar-refractivity contribution < 1.29 is 23.9 Å². The predicted octanol–water partition coefficient (Wildman–Crippen LogP) is 6.49. The Hall–Kier alpha value is -4.86. The topological polar surface area (TPSA) is 105 Å². The third kappa shape index (κ3) is 7.19. The summed E-state index contributed by atoms with van der Waals surface area (Å²) in [4.78, 5) is 54.3. The summed E-state index contributed by atoms with van der Waals surface area (Å²) in [6, 6.07) is 27.9. The molecule has 0 aliphatic carbocycles. The van der Waals surface area contributed by atoms with E-state index in [1.165, 1.54) is 24.9 Å². The molecule has 1 unspecified atom stereocenters. The van der Waals surface area contributed by atoms with Crippen molar-refractivity contribution >= 4 is 64.4 Å². The number of nitrogens with one attached hydrogen (secondary N) is 2. The van der Waals surface area contributed by atoms with Crippen LogP contribution in [0, 0.1) is 6.92 Å². The quantitative estimate of drug-likeness (QED) is 0.163. The van der Waals surface area contributed by atoms with Crippen LogP contribution >= 0.6 is 23.4 Å². The van der Waals surface area contributed by atoms with E-state index in [9.17, 15) is 19.2 Å². The Morgan fingerprint density at radius 2 is 1.70 bits per heavy atom. The number of halogens is 1. The molecule has 1 saturated heterocycles. The van der Waals surface area contributed by atoms with Crippen LogP contribution in [-0.4, -0.2) is 36.0 Å². The van der Waals surface area contributed by atoms with E-state index in [-0.39, 0.29) is 23.9 Å². The number of benzene rings is 4. The van der Waals surface area contributed by atoms with Gasteiger partial charge < -0.3 is 15.4 Å². The Labute approximate surface area is 264 Å². The molecular weight excluding hydrogens is 598 g/mol. The van der Waals surface area contributed by atoms with Crippen molar-refractivity contribution in [2.75, 3.05) is 17.3 Å². The lowest BCUT2D eigenvalue weighted by Gasteiger charge is -2.16. The second-order valence-corrected chi connectivity index (χ2v) is 11.7. The standard InChI is InChI=1S/C34H28ClN3O5S/c1-21-11-13-22(14-12-21)17-28(37-32(40)23-7-4-3-5-8-23)33(41)36-24-9-6-10-26(18-24)44-30-20-31(39)38(34(30)42)25-15-16-29(43-2)27(35)19-25/h3-19,30H,20H2,1-2H3,(H,36,41)(H,37,40)/b28-17-. The Kier molecular flexibility index (Phi) is 9.47. The molecule has 8 nitrogen and oxygen atoms in total. The number of carbonyl (C=O) groups is 4. The van der Waals surface area contributed by atoms with Crippen LogP contribution in [0.5, 0.6) is 5.75 Å². The summed E-state index contributed by atoms with van der Waals surface area (Å²) in [5.41, 5.74) is 3.11. The third-order valence-corrected chi connectivity index (χ3v) is 8.26. The molecule has 0 aromatic heterocycles. The molecule has 5 rings (SSSR count). The summed E-state index contributed by atoms with van der Waals surface area (Å²) < 4.78 is 5.16. The van der Waals surface area contributed by atoms with Crippen LogP contribution in [0.3, 0.4) is 0 Å². The van der Waals surface area contributed by atoms with E-state index >= 15 is 0 Å². The van der Waals surface area contributed by atoms with E-state index in [4.69, 9.17) is 16.3 Å². The zero-order chi connectivity index (χ0) is 31.2. The maximum absolute atomic E-state index is 13.4. The van der Waals surface area contributed by atoms with E-state index in [1.807, 2.05) is 31.2 Å². The first-order valence-corrected chi connectivity index (χ1v) is 14.9. The molecule has 4 amide bonds. The Morgan fingerprint density at radius 3 is 2.41 bits per heavy atom. The highest BCUT2D eigenvalue weighted by atomic mass is 35.5. The minimum absolute atomic E-state index is 0.0126. The maximum atomic E-state index is 13.4. The number of anilines is 2. The Balaban J connectivity index is 1.32. The van der Waals surface area contributed by atoms with Gasteiger partial charge in [0.25, 0.3) is 11.8 Å². The molecule has 1 aliphatic heterocycles. The summed E-state index contributed by atoms with van der Waals surface area (Å²) in [6.45, 7) is 1.96. The first kappa shape index (κ1) is 30.6. The zero-order valence-corrected chi connectivity index (χ0v) is 25.4. The second kappa shape index (κ2) is 13.6. The second-order valence-electron chi connectivity index (χ2n) is 9.97. The average Bonchev–Trinajstić information content (AvgIpc) is 3.30. The molecule has 44 heavy (non-hydrogen) atoms. The number of aryl methyl sites for hydroxylation is 1. The minimum Gasteiger partial charge on any atom is -0.495 e. The summed E-state index contributed by atoms with van der Waals surface area (Å²) in [7, 11) is 1.48. The van der Waals surface area contributed by atoms with Crippen molar-refractivity contribution in [3.05, 3.63) is 124 Å². The number of hydrogen-bond donors (Lipinski definition) is 2. The van der Waals surface area contributed by atoms with E-state index in [2.05, 4.69) is 10.6 Å². The number of rotatable bonds is 9. The van der Waals surface area contributed by atoms with Gasteiger partial charge in [-0.1, -0.05) is 65.7 Å². The number of carbonyl (C=O) groups excluding carboxylic acids is 4. The van der Waals surface area contributed by atoms with Crippen molar-refractivity contribution in [2.24, 2.45) is 0 Å². The predicted molar refractivity (Wildman–Crippen MR) is 173 cm³/mol. The molecule has 4 aromatic carbocycles. The van der Waals surface area contributed by atoms with Crippen LogP contribution in [0.15, 0.2) is 108 Å². The minimum atomic E-state index is -0.656. The van der Waals surface area contributed by atoms with Crippen LogP contribution < -0.4 is 20.3 Å². The lowest BCUT2D eigenvalue weighted by Crippen LogP contribution is -2.31. The molecule has 1 fully saturated rings. The molecule has 222 valence electrons. The lowest BCUT2D eigenvalue weighted by molar-refractivity contribution is -0.121. The van der Waals surface area contributed by atoms with Crippen molar-refractivity contribution in [3.63, 3.8) is 0 Å². The molecule has 0 bridgehead atoms. The monoisotopic (exact) mass is 625 g/mol. The smallest absolute Gasteiger partial charge is 0.272 e. The summed E-state index contributed by atoms with van der Waals surface area (Å²) in [6.07, 6.45) is 1.62. The first-order chi connectivity index (χ1) is 21.2. The first-order valence-electron chi connectivity index (χ1n) is 13.6. The number of hydrogen-bond acceptors (Lipinski definition) is 6. The van der Waals surface area contributed by atoms with Gasteiger partial charge in [-0.15, -0.1) is 11.8 Å². The van der Waals surface area contributed by atoms with Crippen LogP contribution in [0.25, 0.3) is 6.08 Å². The number of thioether (sulfide) groups is 1. The fourth-order valence-electron chi connectivity index (χ4n) is 4.54. The molecule has 10 heteroatoms. The van der Waals surface area contributed by atoms with E-state index in [0.29, 0.717) is 32.6 Å². The van der Waals surface area contributed by atoms with Gasteiger partial charge in [0.1, 0.15) is 11.4 Å². The molecule has 1 aliphatic rings. The third-order valence-electron chi connectivity index (χ3n) is 6.79. The Morgan fingerprint density at radius 1 is 0.955 bits per heavy atom. The van der Waals surface area contributed by atoms with Gasteiger partial charge in [-0.3, -0.25) is 19.2 Å². The molecule has 4 aromatic rings. The highest BCUT2D eigenvalue weighted by Gasteiger charge is 2.40. The van der Waals surface area contributed by atoms with Crippen molar-refractivity contribution in [3.8, 4) is 5.75 Å². The van der Waals surface area contributed by atoms with Crippen molar-refractivity contribution in [1.82, 2.24) is 5.32 Å². The van der Waals surface area contributed by atoms with Crippen molar-refractivity contribution in [2.45, 2.75) is 23.5 Å². The number of methoxy groups -OCH3 is 1. The molecule has 0 spiro atoms. The fourth-order valence-corrected chi connectivity index (χ4v) is 5.91. The lowest BCUT2D eigenvalue weighted by atomic mass is 10.1. The number of ether oxygens (including phenoxy) is 1. The highest BCUT2D eigenvalue weighted by molar-refractivity contribution is 8.00. The normalized spacial score (nSPS) is 14.8. The van der Waals surface area contributed by atoms with Gasteiger partial charge in [-0.05, 0) is 67.1 Å². The number of nitrogens with zero attached hydrogens (tertiary/aromatic N) is 1. The number of imide groups is 1. The maximum Gasteiger partial charge on any atom is 0.272 e. The van der Waals surface area contributed by atoms with Crippen molar-refractivity contribution in [1.29, 1.82) is 0 Å². The molecule has 2 N–H and O–H groups in total. The van der Waals surface area contributed by atoms with Crippen LogP contribution in [0.1, 0.15) is 27.9 Å². The SMILES string of the molecule is COc1ccc(N2C(=O)CC(Sc3cccc(NC(=O)/C(=C/c4ccc(C)cc4)NC(=O)c4ccccc4)c3)C2=O)cc1Cl. The molecule has 1 atom stereocenters. The molecule has 1 heterocycles.